The third-order valence-electron chi connectivity index (χ3n) is 2.04. The SMILES string of the molecule is CCCc1nnc(NCc2cc[nH]c2)s1. The van der Waals surface area contributed by atoms with E-state index in [2.05, 4.69) is 27.4 Å². The lowest BCUT2D eigenvalue weighted by molar-refractivity contribution is 0.877. The minimum absolute atomic E-state index is 0.796. The van der Waals surface area contributed by atoms with Crippen LogP contribution in [0, 0.1) is 0 Å². The van der Waals surface area contributed by atoms with Crippen molar-refractivity contribution in [1.29, 1.82) is 0 Å². The summed E-state index contributed by atoms with van der Waals surface area (Å²) in [7, 11) is 0. The van der Waals surface area contributed by atoms with Crippen LogP contribution in [0.15, 0.2) is 18.5 Å². The second-order valence-corrected chi connectivity index (χ2v) is 4.39. The van der Waals surface area contributed by atoms with Gasteiger partial charge in [-0.3, -0.25) is 0 Å². The van der Waals surface area contributed by atoms with Crippen molar-refractivity contribution in [2.24, 2.45) is 0 Å². The first-order valence-corrected chi connectivity index (χ1v) is 5.88. The van der Waals surface area contributed by atoms with E-state index in [0.717, 1.165) is 29.5 Å². The summed E-state index contributed by atoms with van der Waals surface area (Å²) in [5.41, 5.74) is 1.22. The van der Waals surface area contributed by atoms with Crippen LogP contribution >= 0.6 is 11.3 Å². The Bertz CT molecular complexity index is 393. The maximum Gasteiger partial charge on any atom is 0.205 e. The normalized spacial score (nSPS) is 10.5. The summed E-state index contributed by atoms with van der Waals surface area (Å²) in [6.45, 7) is 2.94. The number of hydrogen-bond acceptors (Lipinski definition) is 4. The molecule has 0 aliphatic heterocycles. The zero-order chi connectivity index (χ0) is 10.5. The van der Waals surface area contributed by atoms with E-state index in [4.69, 9.17) is 0 Å². The van der Waals surface area contributed by atoms with Gasteiger partial charge in [-0.15, -0.1) is 10.2 Å². The first-order chi connectivity index (χ1) is 7.38. The van der Waals surface area contributed by atoms with Crippen LogP contribution in [0.25, 0.3) is 0 Å². The molecular formula is C10H14N4S. The Labute approximate surface area is 92.8 Å². The lowest BCUT2D eigenvalue weighted by atomic mass is 10.3. The van der Waals surface area contributed by atoms with Gasteiger partial charge >= 0.3 is 0 Å². The Morgan fingerprint density at radius 3 is 3.13 bits per heavy atom. The van der Waals surface area contributed by atoms with E-state index in [0.29, 0.717) is 0 Å². The molecule has 0 saturated carbocycles. The van der Waals surface area contributed by atoms with Crippen LogP contribution in [0.1, 0.15) is 23.9 Å². The van der Waals surface area contributed by atoms with Crippen LogP contribution in [0.2, 0.25) is 0 Å². The number of nitrogens with one attached hydrogen (secondary N) is 2. The van der Waals surface area contributed by atoms with Crippen LogP contribution < -0.4 is 5.32 Å². The molecule has 0 atom stereocenters. The molecule has 80 valence electrons. The molecule has 2 heterocycles. The highest BCUT2D eigenvalue weighted by Gasteiger charge is 2.02. The number of hydrogen-bond donors (Lipinski definition) is 2. The van der Waals surface area contributed by atoms with E-state index in [1.165, 1.54) is 5.56 Å². The van der Waals surface area contributed by atoms with Crippen LogP contribution in [0.5, 0.6) is 0 Å². The smallest absolute Gasteiger partial charge is 0.205 e. The van der Waals surface area contributed by atoms with E-state index < -0.39 is 0 Å². The van der Waals surface area contributed by atoms with Crippen molar-refractivity contribution in [3.8, 4) is 0 Å². The zero-order valence-electron chi connectivity index (χ0n) is 8.66. The topological polar surface area (TPSA) is 53.6 Å². The van der Waals surface area contributed by atoms with Crippen molar-refractivity contribution in [3.05, 3.63) is 29.0 Å². The summed E-state index contributed by atoms with van der Waals surface area (Å²) >= 11 is 1.64. The Kier molecular flexibility index (Phi) is 3.34. The largest absolute Gasteiger partial charge is 0.367 e. The van der Waals surface area contributed by atoms with E-state index in [1.807, 2.05) is 18.5 Å². The third kappa shape index (κ3) is 2.79. The van der Waals surface area contributed by atoms with Gasteiger partial charge in [-0.25, -0.2) is 0 Å². The van der Waals surface area contributed by atoms with Crippen LogP contribution in [0.3, 0.4) is 0 Å². The minimum Gasteiger partial charge on any atom is -0.367 e. The Balaban J connectivity index is 1.88. The molecule has 2 N–H and O–H groups in total. The Hall–Kier alpha value is -1.36. The summed E-state index contributed by atoms with van der Waals surface area (Å²) in [6, 6.07) is 2.04. The summed E-state index contributed by atoms with van der Waals surface area (Å²) in [4.78, 5) is 3.02. The molecule has 0 saturated heterocycles. The molecule has 2 aromatic heterocycles. The van der Waals surface area contributed by atoms with Gasteiger partial charge in [0.25, 0.3) is 0 Å². The van der Waals surface area contributed by atoms with Gasteiger partial charge in [0.15, 0.2) is 0 Å². The summed E-state index contributed by atoms with van der Waals surface area (Å²) < 4.78 is 0. The standard InChI is InChI=1S/C10H14N4S/c1-2-3-9-13-14-10(15-9)12-7-8-4-5-11-6-8/h4-6,11H,2-3,7H2,1H3,(H,12,14). The lowest BCUT2D eigenvalue weighted by Gasteiger charge is -1.97. The number of aryl methyl sites for hydroxylation is 1. The van der Waals surface area contributed by atoms with Gasteiger partial charge in [0.2, 0.25) is 5.13 Å². The second-order valence-electron chi connectivity index (χ2n) is 3.32. The van der Waals surface area contributed by atoms with Crippen molar-refractivity contribution in [1.82, 2.24) is 15.2 Å². The maximum absolute atomic E-state index is 4.10. The third-order valence-corrected chi connectivity index (χ3v) is 2.98. The molecule has 0 radical (unpaired) electrons. The Morgan fingerprint density at radius 1 is 1.47 bits per heavy atom. The van der Waals surface area contributed by atoms with Crippen LogP contribution in [-0.2, 0) is 13.0 Å². The molecule has 15 heavy (non-hydrogen) atoms. The molecule has 0 bridgehead atoms. The monoisotopic (exact) mass is 222 g/mol. The predicted octanol–water partition coefficient (Wildman–Crippen LogP) is 2.43. The summed E-state index contributed by atoms with van der Waals surface area (Å²) in [5.74, 6) is 0. The average molecular weight is 222 g/mol. The number of aromatic nitrogens is 3. The fourth-order valence-corrected chi connectivity index (χ4v) is 2.12. The van der Waals surface area contributed by atoms with Crippen molar-refractivity contribution >= 4 is 16.5 Å². The van der Waals surface area contributed by atoms with Gasteiger partial charge in [0, 0.05) is 25.4 Å². The molecule has 2 aromatic rings. The van der Waals surface area contributed by atoms with Crippen LogP contribution in [-0.4, -0.2) is 15.2 Å². The molecular weight excluding hydrogens is 208 g/mol. The molecule has 4 nitrogen and oxygen atoms in total. The molecule has 0 aliphatic carbocycles. The first-order valence-electron chi connectivity index (χ1n) is 5.06. The van der Waals surface area contributed by atoms with Gasteiger partial charge < -0.3 is 10.3 Å². The molecule has 0 amide bonds. The van der Waals surface area contributed by atoms with Gasteiger partial charge in [-0.2, -0.15) is 0 Å². The van der Waals surface area contributed by atoms with E-state index in [-0.39, 0.29) is 0 Å². The maximum atomic E-state index is 4.10. The molecule has 0 spiro atoms. The summed E-state index contributed by atoms with van der Waals surface area (Å²) in [6.07, 6.45) is 6.02. The van der Waals surface area contributed by atoms with Crippen molar-refractivity contribution < 1.29 is 0 Å². The van der Waals surface area contributed by atoms with E-state index in [1.54, 1.807) is 11.3 Å². The number of anilines is 1. The molecule has 0 aliphatic rings. The van der Waals surface area contributed by atoms with Gasteiger partial charge in [0.05, 0.1) is 0 Å². The lowest BCUT2D eigenvalue weighted by Crippen LogP contribution is -1.97. The van der Waals surface area contributed by atoms with Gasteiger partial charge in [-0.1, -0.05) is 18.3 Å². The van der Waals surface area contributed by atoms with Gasteiger partial charge in [-0.05, 0) is 18.1 Å². The van der Waals surface area contributed by atoms with Crippen molar-refractivity contribution in [2.75, 3.05) is 5.32 Å². The molecule has 0 aromatic carbocycles. The van der Waals surface area contributed by atoms with Crippen LogP contribution in [0.4, 0.5) is 5.13 Å². The highest BCUT2D eigenvalue weighted by atomic mass is 32.1. The van der Waals surface area contributed by atoms with E-state index >= 15 is 0 Å². The first kappa shape index (κ1) is 10.2. The highest BCUT2D eigenvalue weighted by molar-refractivity contribution is 7.15. The van der Waals surface area contributed by atoms with E-state index in [9.17, 15) is 0 Å². The average Bonchev–Trinajstić information content (AvgIpc) is 2.85. The predicted molar refractivity (Wildman–Crippen MR) is 62.0 cm³/mol. The number of H-pyrrole nitrogens is 1. The fourth-order valence-electron chi connectivity index (χ4n) is 1.29. The second kappa shape index (κ2) is 4.93. The minimum atomic E-state index is 0.796. The molecule has 0 unspecified atom stereocenters. The quantitative estimate of drug-likeness (QED) is 0.817. The molecule has 5 heteroatoms. The van der Waals surface area contributed by atoms with Crippen molar-refractivity contribution in [2.45, 2.75) is 26.3 Å². The number of aromatic amines is 1. The Morgan fingerprint density at radius 2 is 2.40 bits per heavy atom. The summed E-state index contributed by atoms with van der Waals surface area (Å²) in [5, 5.41) is 13.4. The molecule has 2 rings (SSSR count). The number of nitrogens with zero attached hydrogens (tertiary/aromatic N) is 2. The number of rotatable bonds is 5. The highest BCUT2D eigenvalue weighted by Crippen LogP contribution is 2.17. The molecule has 0 fully saturated rings. The van der Waals surface area contributed by atoms with Gasteiger partial charge in [0.1, 0.15) is 5.01 Å². The zero-order valence-corrected chi connectivity index (χ0v) is 9.47. The fraction of sp³-hybridized carbons (Fsp3) is 0.400. The van der Waals surface area contributed by atoms with Crippen molar-refractivity contribution in [3.63, 3.8) is 0 Å².